The van der Waals surface area contributed by atoms with Crippen LogP contribution in [0.5, 0.6) is 11.5 Å². The maximum Gasteiger partial charge on any atom is 0.161 e. The summed E-state index contributed by atoms with van der Waals surface area (Å²) in [5.41, 5.74) is 1.65. The number of hydrogen-bond acceptors (Lipinski definition) is 4. The molecule has 142 valence electrons. The lowest BCUT2D eigenvalue weighted by atomic mass is 9.67. The molecule has 4 nitrogen and oxygen atoms in total. The molecule has 0 unspecified atom stereocenters. The molecular weight excluding hydrogens is 338 g/mol. The normalized spacial score (nSPS) is 30.1. The Hall–Kier alpha value is -2.04. The van der Waals surface area contributed by atoms with Crippen LogP contribution >= 0.6 is 0 Å². The molecule has 1 saturated carbocycles. The van der Waals surface area contributed by atoms with Crippen molar-refractivity contribution in [3.63, 3.8) is 0 Å². The third-order valence-corrected chi connectivity index (χ3v) is 6.55. The minimum atomic E-state index is -0.689. The summed E-state index contributed by atoms with van der Waals surface area (Å²) in [6, 6.07) is 16.6. The first-order valence-corrected chi connectivity index (χ1v) is 10.1. The van der Waals surface area contributed by atoms with Crippen molar-refractivity contribution in [3.05, 3.63) is 59.7 Å². The van der Waals surface area contributed by atoms with E-state index >= 15 is 0 Å². The molecule has 1 saturated heterocycles. The topological polar surface area (TPSA) is 41.9 Å². The molecule has 2 fully saturated rings. The van der Waals surface area contributed by atoms with Gasteiger partial charge in [0.2, 0.25) is 0 Å². The van der Waals surface area contributed by atoms with Crippen molar-refractivity contribution in [2.45, 2.75) is 31.4 Å². The highest BCUT2D eigenvalue weighted by molar-refractivity contribution is 5.43. The molecule has 0 amide bonds. The van der Waals surface area contributed by atoms with Crippen LogP contribution in [0.2, 0.25) is 0 Å². The molecule has 3 aliphatic rings. The van der Waals surface area contributed by atoms with E-state index < -0.39 is 5.60 Å². The molecule has 2 aromatic rings. The monoisotopic (exact) mass is 365 g/mol. The van der Waals surface area contributed by atoms with Gasteiger partial charge in [-0.15, -0.1) is 0 Å². The lowest BCUT2D eigenvalue weighted by molar-refractivity contribution is -0.0648. The molecule has 3 atom stereocenters. The summed E-state index contributed by atoms with van der Waals surface area (Å²) >= 11 is 0. The van der Waals surface area contributed by atoms with Crippen molar-refractivity contribution in [1.82, 2.24) is 4.90 Å². The van der Waals surface area contributed by atoms with Gasteiger partial charge in [-0.25, -0.2) is 0 Å². The van der Waals surface area contributed by atoms with Crippen LogP contribution in [0.3, 0.4) is 0 Å². The van der Waals surface area contributed by atoms with Crippen LogP contribution in [-0.2, 0) is 12.1 Å². The first kappa shape index (κ1) is 17.1. The van der Waals surface area contributed by atoms with Crippen LogP contribution in [0.25, 0.3) is 0 Å². The average molecular weight is 365 g/mol. The number of nitrogens with zero attached hydrogens (tertiary/aromatic N) is 1. The van der Waals surface area contributed by atoms with Crippen LogP contribution in [0.1, 0.15) is 30.4 Å². The first-order valence-electron chi connectivity index (χ1n) is 10.1. The number of ether oxygens (including phenoxy) is 2. The molecule has 0 spiro atoms. The Labute approximate surface area is 160 Å². The Balaban J connectivity index is 1.34. The number of fused-ring (bicyclic) bond motifs is 2. The average Bonchev–Trinajstić information content (AvgIpc) is 3.13. The zero-order valence-electron chi connectivity index (χ0n) is 15.6. The van der Waals surface area contributed by atoms with E-state index in [-0.39, 0.29) is 0 Å². The summed E-state index contributed by atoms with van der Waals surface area (Å²) in [5, 5.41) is 11.6. The molecular formula is C23H27NO3. The second-order valence-corrected chi connectivity index (χ2v) is 8.22. The SMILES string of the molecule is O[C@@]1(c2ccccc2)CCC[C@H]2CN(Cc3ccc4c(c3)OCCO4)C[C@H]21. The zero-order chi connectivity index (χ0) is 18.3. The van der Waals surface area contributed by atoms with Crippen LogP contribution in [-0.4, -0.2) is 36.3 Å². The summed E-state index contributed by atoms with van der Waals surface area (Å²) < 4.78 is 11.4. The Bertz CT molecular complexity index is 809. The van der Waals surface area contributed by atoms with Gasteiger partial charge in [-0.2, -0.15) is 0 Å². The summed E-state index contributed by atoms with van der Waals surface area (Å²) in [7, 11) is 0. The molecule has 2 aliphatic heterocycles. The van der Waals surface area contributed by atoms with Gasteiger partial charge in [0.1, 0.15) is 13.2 Å². The largest absolute Gasteiger partial charge is 0.486 e. The van der Waals surface area contributed by atoms with Gasteiger partial charge in [0.05, 0.1) is 5.60 Å². The Morgan fingerprint density at radius 2 is 1.81 bits per heavy atom. The third-order valence-electron chi connectivity index (χ3n) is 6.55. The number of rotatable bonds is 3. The summed E-state index contributed by atoms with van der Waals surface area (Å²) in [6.45, 7) is 4.15. The minimum Gasteiger partial charge on any atom is -0.486 e. The lowest BCUT2D eigenvalue weighted by Crippen LogP contribution is -2.42. The van der Waals surface area contributed by atoms with Gasteiger partial charge >= 0.3 is 0 Å². The van der Waals surface area contributed by atoms with E-state index in [1.807, 2.05) is 24.3 Å². The van der Waals surface area contributed by atoms with Crippen LogP contribution in [0.15, 0.2) is 48.5 Å². The highest BCUT2D eigenvalue weighted by Crippen LogP contribution is 2.48. The van der Waals surface area contributed by atoms with E-state index in [4.69, 9.17) is 9.47 Å². The predicted octanol–water partition coefficient (Wildman–Crippen LogP) is 3.58. The minimum absolute atomic E-state index is 0.311. The van der Waals surface area contributed by atoms with Crippen molar-refractivity contribution in [1.29, 1.82) is 0 Å². The Morgan fingerprint density at radius 1 is 1.00 bits per heavy atom. The van der Waals surface area contributed by atoms with Gasteiger partial charge in [0, 0.05) is 25.6 Å². The highest BCUT2D eigenvalue weighted by atomic mass is 16.6. The fourth-order valence-electron chi connectivity index (χ4n) is 5.27. The lowest BCUT2D eigenvalue weighted by Gasteiger charge is -2.41. The van der Waals surface area contributed by atoms with Gasteiger partial charge in [0.25, 0.3) is 0 Å². The number of benzene rings is 2. The van der Waals surface area contributed by atoms with Crippen molar-refractivity contribution < 1.29 is 14.6 Å². The van der Waals surface area contributed by atoms with Gasteiger partial charge in [-0.3, -0.25) is 4.90 Å². The summed E-state index contributed by atoms with van der Waals surface area (Å²) in [6.07, 6.45) is 3.19. The number of hydrogen-bond donors (Lipinski definition) is 1. The second-order valence-electron chi connectivity index (χ2n) is 8.22. The molecule has 0 radical (unpaired) electrons. The van der Waals surface area contributed by atoms with Crippen LogP contribution in [0.4, 0.5) is 0 Å². The van der Waals surface area contributed by atoms with Crippen molar-refractivity contribution in [2.24, 2.45) is 11.8 Å². The molecule has 1 N–H and O–H groups in total. The van der Waals surface area contributed by atoms with Gasteiger partial charge in [-0.05, 0) is 48.4 Å². The van der Waals surface area contributed by atoms with Gasteiger partial charge in [0.15, 0.2) is 11.5 Å². The number of likely N-dealkylation sites (tertiary alicyclic amines) is 1. The van der Waals surface area contributed by atoms with Crippen LogP contribution in [0, 0.1) is 11.8 Å². The third kappa shape index (κ3) is 3.11. The predicted molar refractivity (Wildman–Crippen MR) is 104 cm³/mol. The van der Waals surface area contributed by atoms with E-state index in [9.17, 15) is 5.11 Å². The molecule has 2 heterocycles. The first-order chi connectivity index (χ1) is 13.2. The van der Waals surface area contributed by atoms with Crippen molar-refractivity contribution in [3.8, 4) is 11.5 Å². The van der Waals surface area contributed by atoms with E-state index in [1.165, 1.54) is 12.0 Å². The Morgan fingerprint density at radius 3 is 2.67 bits per heavy atom. The zero-order valence-corrected chi connectivity index (χ0v) is 15.6. The Kier molecular flexibility index (Phi) is 4.33. The van der Waals surface area contributed by atoms with Gasteiger partial charge < -0.3 is 14.6 Å². The molecule has 1 aliphatic carbocycles. The second kappa shape index (κ2) is 6.84. The van der Waals surface area contributed by atoms with E-state index in [0.717, 1.165) is 49.5 Å². The number of aliphatic hydroxyl groups is 1. The van der Waals surface area contributed by atoms with E-state index in [0.29, 0.717) is 25.0 Å². The smallest absolute Gasteiger partial charge is 0.161 e. The maximum atomic E-state index is 11.6. The fourth-order valence-corrected chi connectivity index (χ4v) is 5.27. The highest BCUT2D eigenvalue weighted by Gasteiger charge is 2.49. The summed E-state index contributed by atoms with van der Waals surface area (Å²) in [4.78, 5) is 2.50. The van der Waals surface area contributed by atoms with Crippen molar-refractivity contribution >= 4 is 0 Å². The van der Waals surface area contributed by atoms with E-state index in [2.05, 4.69) is 29.2 Å². The molecule has 27 heavy (non-hydrogen) atoms. The molecule has 2 aromatic carbocycles. The van der Waals surface area contributed by atoms with Crippen LogP contribution < -0.4 is 9.47 Å². The fraction of sp³-hybridized carbons (Fsp3) is 0.478. The molecule has 5 rings (SSSR count). The molecule has 0 bridgehead atoms. The van der Waals surface area contributed by atoms with Gasteiger partial charge in [-0.1, -0.05) is 36.4 Å². The van der Waals surface area contributed by atoms with E-state index in [1.54, 1.807) is 0 Å². The summed E-state index contributed by atoms with van der Waals surface area (Å²) in [5.74, 6) is 2.58. The standard InChI is InChI=1S/C23H27NO3/c25-23(19-6-2-1-3-7-19)10-4-5-18-15-24(16-20(18)23)14-17-8-9-21-22(13-17)27-12-11-26-21/h1-3,6-9,13,18,20,25H,4-5,10-12,14-16H2/t18-,20+,23+/m0/s1. The maximum absolute atomic E-state index is 11.6. The van der Waals surface area contributed by atoms with Crippen molar-refractivity contribution in [2.75, 3.05) is 26.3 Å². The molecule has 0 aromatic heterocycles. The molecule has 4 heteroatoms. The quantitative estimate of drug-likeness (QED) is 0.903.